The lowest BCUT2D eigenvalue weighted by Gasteiger charge is -2.16. The highest BCUT2D eigenvalue weighted by Gasteiger charge is 2.19. The summed E-state index contributed by atoms with van der Waals surface area (Å²) in [7, 11) is 1.78. The number of aryl methyl sites for hydroxylation is 4. The van der Waals surface area contributed by atoms with Crippen LogP contribution in [-0.2, 0) is 19.8 Å². The van der Waals surface area contributed by atoms with Gasteiger partial charge in [-0.2, -0.15) is 10.2 Å². The van der Waals surface area contributed by atoms with E-state index in [0.717, 1.165) is 39.6 Å². The Morgan fingerprint density at radius 2 is 1.83 bits per heavy atom. The van der Waals surface area contributed by atoms with Crippen LogP contribution in [0.4, 0.5) is 0 Å². The molecular formula is C22H28ClN5O2. The van der Waals surface area contributed by atoms with Crippen LogP contribution >= 0.6 is 11.6 Å². The van der Waals surface area contributed by atoms with E-state index in [1.165, 1.54) is 0 Å². The Morgan fingerprint density at radius 1 is 1.17 bits per heavy atom. The van der Waals surface area contributed by atoms with Crippen molar-refractivity contribution in [1.82, 2.24) is 24.5 Å². The fraction of sp³-hybridized carbons (Fsp3) is 0.409. The van der Waals surface area contributed by atoms with E-state index in [1.54, 1.807) is 28.9 Å². The van der Waals surface area contributed by atoms with Crippen molar-refractivity contribution in [3.63, 3.8) is 0 Å². The zero-order chi connectivity index (χ0) is 22.0. The van der Waals surface area contributed by atoms with Crippen LogP contribution in [0.1, 0.15) is 45.5 Å². The molecule has 0 spiro atoms. The minimum Gasteiger partial charge on any atom is -0.471 e. The first kappa shape index (κ1) is 21.9. The molecule has 1 aromatic carbocycles. The molecule has 3 aromatic rings. The monoisotopic (exact) mass is 429 g/mol. The Labute approximate surface area is 182 Å². The summed E-state index contributed by atoms with van der Waals surface area (Å²) < 4.78 is 9.37. The summed E-state index contributed by atoms with van der Waals surface area (Å²) in [5.41, 5.74) is 5.40. The molecule has 0 bridgehead atoms. The lowest BCUT2D eigenvalue weighted by atomic mass is 10.1. The molecule has 0 aliphatic heterocycles. The largest absolute Gasteiger partial charge is 0.471 e. The maximum Gasteiger partial charge on any atom is 0.274 e. The van der Waals surface area contributed by atoms with Crippen LogP contribution in [0.2, 0.25) is 5.02 Å². The van der Waals surface area contributed by atoms with E-state index in [1.807, 2.05) is 44.5 Å². The van der Waals surface area contributed by atoms with Gasteiger partial charge in [0.15, 0.2) is 12.4 Å². The third-order valence-electron chi connectivity index (χ3n) is 5.21. The molecule has 0 aliphatic rings. The lowest BCUT2D eigenvalue weighted by molar-refractivity contribution is 0.0776. The van der Waals surface area contributed by atoms with Crippen LogP contribution in [0.5, 0.6) is 5.75 Å². The van der Waals surface area contributed by atoms with Gasteiger partial charge in [-0.3, -0.25) is 9.48 Å². The predicted molar refractivity (Wildman–Crippen MR) is 117 cm³/mol. The van der Waals surface area contributed by atoms with Gasteiger partial charge in [0, 0.05) is 42.6 Å². The molecule has 0 unspecified atom stereocenters. The molecule has 0 saturated heterocycles. The second-order valence-electron chi connectivity index (χ2n) is 7.51. The highest BCUT2D eigenvalue weighted by Crippen LogP contribution is 2.26. The normalized spacial score (nSPS) is 11.0. The van der Waals surface area contributed by atoms with E-state index in [9.17, 15) is 4.79 Å². The number of hydrogen-bond acceptors (Lipinski definition) is 4. The standard InChI is InChI=1S/C22H28ClN5O2/c1-7-28-17(5)19(16(4)24-28)12-26(6)22(29)20-8-9-27(25-20)13-30-18-10-14(2)21(23)15(3)11-18/h8-11H,7,12-13H2,1-6H3. The van der Waals surface area contributed by atoms with Gasteiger partial charge in [-0.25, -0.2) is 4.68 Å². The van der Waals surface area contributed by atoms with Crippen molar-refractivity contribution in [3.05, 3.63) is 63.2 Å². The number of halogens is 1. The average molecular weight is 430 g/mol. The minimum absolute atomic E-state index is 0.144. The van der Waals surface area contributed by atoms with Gasteiger partial charge in [-0.05, 0) is 63.9 Å². The van der Waals surface area contributed by atoms with Crippen molar-refractivity contribution in [2.75, 3.05) is 7.05 Å². The third kappa shape index (κ3) is 4.51. The molecule has 0 N–H and O–H groups in total. The molecule has 160 valence electrons. The van der Waals surface area contributed by atoms with Gasteiger partial charge in [0.05, 0.1) is 5.69 Å². The number of benzene rings is 1. The Bertz CT molecular complexity index is 1050. The molecule has 0 atom stereocenters. The molecule has 0 saturated carbocycles. The summed E-state index contributed by atoms with van der Waals surface area (Å²) in [6.07, 6.45) is 1.74. The molecule has 7 nitrogen and oxygen atoms in total. The summed E-state index contributed by atoms with van der Waals surface area (Å²) in [5, 5.41) is 9.64. The van der Waals surface area contributed by atoms with E-state index in [-0.39, 0.29) is 12.6 Å². The molecule has 30 heavy (non-hydrogen) atoms. The number of rotatable bonds is 7. The molecule has 3 rings (SSSR count). The smallest absolute Gasteiger partial charge is 0.274 e. The molecule has 1 amide bonds. The SMILES string of the molecule is CCn1nc(C)c(CN(C)C(=O)c2ccn(COc3cc(C)c(Cl)c(C)c3)n2)c1C. The first-order valence-corrected chi connectivity index (χ1v) is 10.3. The molecule has 0 radical (unpaired) electrons. The van der Waals surface area contributed by atoms with E-state index in [2.05, 4.69) is 17.1 Å². The zero-order valence-electron chi connectivity index (χ0n) is 18.4. The second-order valence-corrected chi connectivity index (χ2v) is 7.89. The van der Waals surface area contributed by atoms with Gasteiger partial charge in [0.25, 0.3) is 5.91 Å². The van der Waals surface area contributed by atoms with Crippen molar-refractivity contribution in [2.45, 2.75) is 54.4 Å². The number of ether oxygens (including phenoxy) is 1. The first-order chi connectivity index (χ1) is 14.2. The lowest BCUT2D eigenvalue weighted by Crippen LogP contribution is -2.27. The van der Waals surface area contributed by atoms with E-state index < -0.39 is 0 Å². The Morgan fingerprint density at radius 3 is 2.43 bits per heavy atom. The maximum atomic E-state index is 12.8. The predicted octanol–water partition coefficient (Wildman–Crippen LogP) is 4.30. The van der Waals surface area contributed by atoms with E-state index >= 15 is 0 Å². The Balaban J connectivity index is 1.65. The molecular weight excluding hydrogens is 402 g/mol. The molecule has 0 fully saturated rings. The van der Waals surface area contributed by atoms with Gasteiger partial charge >= 0.3 is 0 Å². The average Bonchev–Trinajstić information content (AvgIpc) is 3.29. The summed E-state index contributed by atoms with van der Waals surface area (Å²) >= 11 is 6.20. The summed E-state index contributed by atoms with van der Waals surface area (Å²) in [5.74, 6) is 0.573. The molecule has 2 heterocycles. The molecule has 2 aromatic heterocycles. The van der Waals surface area contributed by atoms with Crippen LogP contribution < -0.4 is 4.74 Å². The van der Waals surface area contributed by atoms with Gasteiger partial charge < -0.3 is 9.64 Å². The topological polar surface area (TPSA) is 65.2 Å². The first-order valence-electron chi connectivity index (χ1n) is 9.92. The van der Waals surface area contributed by atoms with Crippen LogP contribution in [-0.4, -0.2) is 37.4 Å². The van der Waals surface area contributed by atoms with Crippen molar-refractivity contribution in [3.8, 4) is 5.75 Å². The zero-order valence-corrected chi connectivity index (χ0v) is 19.1. The highest BCUT2D eigenvalue weighted by atomic mass is 35.5. The number of carbonyl (C=O) groups excluding carboxylic acids is 1. The number of amides is 1. The minimum atomic E-state index is -0.144. The number of hydrogen-bond donors (Lipinski definition) is 0. The summed E-state index contributed by atoms with van der Waals surface area (Å²) in [6, 6.07) is 5.48. The van der Waals surface area contributed by atoms with Crippen LogP contribution in [0.15, 0.2) is 24.4 Å². The van der Waals surface area contributed by atoms with Gasteiger partial charge in [-0.1, -0.05) is 11.6 Å². The Hall–Kier alpha value is -2.80. The summed E-state index contributed by atoms with van der Waals surface area (Å²) in [4.78, 5) is 14.5. The quantitative estimate of drug-likeness (QED) is 0.561. The fourth-order valence-electron chi connectivity index (χ4n) is 3.45. The van der Waals surface area contributed by atoms with Gasteiger partial charge in [0.2, 0.25) is 0 Å². The van der Waals surface area contributed by atoms with Crippen molar-refractivity contribution in [2.24, 2.45) is 0 Å². The third-order valence-corrected chi connectivity index (χ3v) is 5.80. The van der Waals surface area contributed by atoms with Gasteiger partial charge in [-0.15, -0.1) is 0 Å². The van der Waals surface area contributed by atoms with Crippen LogP contribution in [0.25, 0.3) is 0 Å². The van der Waals surface area contributed by atoms with E-state index in [0.29, 0.717) is 18.0 Å². The number of carbonyl (C=O) groups is 1. The number of aromatic nitrogens is 4. The van der Waals surface area contributed by atoms with Gasteiger partial charge in [0.1, 0.15) is 5.75 Å². The second kappa shape index (κ2) is 8.92. The van der Waals surface area contributed by atoms with Crippen LogP contribution in [0, 0.1) is 27.7 Å². The highest BCUT2D eigenvalue weighted by molar-refractivity contribution is 6.32. The van der Waals surface area contributed by atoms with Crippen molar-refractivity contribution < 1.29 is 9.53 Å². The molecule has 0 aliphatic carbocycles. The maximum absolute atomic E-state index is 12.8. The number of nitrogens with zero attached hydrogens (tertiary/aromatic N) is 5. The fourth-order valence-corrected chi connectivity index (χ4v) is 3.56. The van der Waals surface area contributed by atoms with Crippen molar-refractivity contribution in [1.29, 1.82) is 0 Å². The van der Waals surface area contributed by atoms with Crippen molar-refractivity contribution >= 4 is 17.5 Å². The molecule has 8 heteroatoms. The van der Waals surface area contributed by atoms with Crippen LogP contribution in [0.3, 0.4) is 0 Å². The van der Waals surface area contributed by atoms with E-state index in [4.69, 9.17) is 16.3 Å². The Kier molecular flexibility index (Phi) is 6.51. The summed E-state index contributed by atoms with van der Waals surface area (Å²) in [6.45, 7) is 11.4.